The van der Waals surface area contributed by atoms with Crippen LogP contribution < -0.4 is 0 Å². The standard InChI is InChI=1S/C23H31NS/c1-3-24(4-2)16-17-25-23(20-11-6-5-7-12-20)22-15-14-19-10-8-9-13-21(19)18-22/h5-7,11-12,14-15,18,23H,3-4,8-10,13,16-17H2,1-2H3. The Morgan fingerprint density at radius 2 is 1.60 bits per heavy atom. The molecule has 1 aliphatic carbocycles. The molecule has 2 aromatic rings. The monoisotopic (exact) mass is 353 g/mol. The largest absolute Gasteiger partial charge is 0.303 e. The van der Waals surface area contributed by atoms with Crippen LogP contribution in [0.5, 0.6) is 0 Å². The number of fused-ring (bicyclic) bond motifs is 1. The summed E-state index contributed by atoms with van der Waals surface area (Å²) in [6, 6.07) is 18.3. The van der Waals surface area contributed by atoms with Crippen molar-refractivity contribution in [2.24, 2.45) is 0 Å². The van der Waals surface area contributed by atoms with E-state index in [4.69, 9.17) is 0 Å². The summed E-state index contributed by atoms with van der Waals surface area (Å²) < 4.78 is 0. The van der Waals surface area contributed by atoms with E-state index in [0.29, 0.717) is 5.25 Å². The van der Waals surface area contributed by atoms with Crippen LogP contribution in [0.25, 0.3) is 0 Å². The van der Waals surface area contributed by atoms with Crippen molar-refractivity contribution in [3.63, 3.8) is 0 Å². The summed E-state index contributed by atoms with van der Waals surface area (Å²) in [6.45, 7) is 7.97. The fourth-order valence-corrected chi connectivity index (χ4v) is 5.06. The summed E-state index contributed by atoms with van der Waals surface area (Å²) >= 11 is 2.10. The van der Waals surface area contributed by atoms with Crippen LogP contribution in [0.15, 0.2) is 48.5 Å². The van der Waals surface area contributed by atoms with Crippen LogP contribution in [0.3, 0.4) is 0 Å². The summed E-state index contributed by atoms with van der Waals surface area (Å²) in [5, 5.41) is 0.448. The molecule has 0 radical (unpaired) electrons. The first-order chi connectivity index (χ1) is 12.3. The van der Waals surface area contributed by atoms with Gasteiger partial charge in [-0.25, -0.2) is 0 Å². The topological polar surface area (TPSA) is 3.24 Å². The predicted octanol–water partition coefficient (Wildman–Crippen LogP) is 5.73. The van der Waals surface area contributed by atoms with Crippen molar-refractivity contribution in [3.05, 3.63) is 70.8 Å². The fourth-order valence-electron chi connectivity index (χ4n) is 3.77. The Hall–Kier alpha value is -1.25. The molecule has 1 unspecified atom stereocenters. The minimum atomic E-state index is 0.448. The van der Waals surface area contributed by atoms with E-state index in [1.54, 1.807) is 11.1 Å². The number of thioether (sulfide) groups is 1. The Kier molecular flexibility index (Phi) is 7.01. The highest BCUT2D eigenvalue weighted by atomic mass is 32.2. The van der Waals surface area contributed by atoms with E-state index in [9.17, 15) is 0 Å². The first-order valence-corrected chi connectivity index (χ1v) is 10.9. The molecule has 0 saturated heterocycles. The Morgan fingerprint density at radius 1 is 0.880 bits per heavy atom. The Morgan fingerprint density at radius 3 is 2.32 bits per heavy atom. The van der Waals surface area contributed by atoms with Gasteiger partial charge in [-0.1, -0.05) is 62.4 Å². The molecule has 0 saturated carbocycles. The number of rotatable bonds is 8. The van der Waals surface area contributed by atoms with Crippen LogP contribution in [0.2, 0.25) is 0 Å². The lowest BCUT2D eigenvalue weighted by Gasteiger charge is -2.23. The normalized spacial score (nSPS) is 15.2. The SMILES string of the molecule is CCN(CC)CCSC(c1ccccc1)c1ccc2c(c1)CCCC2. The molecular formula is C23H31NS. The Bertz CT molecular complexity index is 648. The van der Waals surface area contributed by atoms with Gasteiger partial charge in [0.15, 0.2) is 0 Å². The molecular weight excluding hydrogens is 322 g/mol. The zero-order valence-corrected chi connectivity index (χ0v) is 16.5. The van der Waals surface area contributed by atoms with Crippen molar-refractivity contribution in [3.8, 4) is 0 Å². The number of nitrogens with zero attached hydrogens (tertiary/aromatic N) is 1. The zero-order valence-electron chi connectivity index (χ0n) is 15.7. The van der Waals surface area contributed by atoms with Gasteiger partial charge in [-0.15, -0.1) is 11.8 Å². The molecule has 0 aliphatic heterocycles. The minimum absolute atomic E-state index is 0.448. The molecule has 0 spiro atoms. The molecule has 0 amide bonds. The van der Waals surface area contributed by atoms with Gasteiger partial charge in [0, 0.05) is 12.3 Å². The maximum atomic E-state index is 2.52. The first-order valence-electron chi connectivity index (χ1n) is 9.82. The zero-order chi connectivity index (χ0) is 17.5. The molecule has 0 bridgehead atoms. The molecule has 2 heteroatoms. The first kappa shape index (κ1) is 18.5. The lowest BCUT2D eigenvalue weighted by Crippen LogP contribution is -2.25. The molecule has 0 fully saturated rings. The van der Waals surface area contributed by atoms with Crippen LogP contribution >= 0.6 is 11.8 Å². The third kappa shape index (κ3) is 4.89. The lowest BCUT2D eigenvalue weighted by molar-refractivity contribution is 0.324. The van der Waals surface area contributed by atoms with Gasteiger partial charge < -0.3 is 4.90 Å². The van der Waals surface area contributed by atoms with Crippen molar-refractivity contribution in [2.45, 2.75) is 44.8 Å². The molecule has 1 aliphatic rings. The highest BCUT2D eigenvalue weighted by molar-refractivity contribution is 7.99. The average Bonchev–Trinajstić information content (AvgIpc) is 2.68. The van der Waals surface area contributed by atoms with Gasteiger partial charge in [0.1, 0.15) is 0 Å². The van der Waals surface area contributed by atoms with Crippen molar-refractivity contribution in [1.82, 2.24) is 4.90 Å². The van der Waals surface area contributed by atoms with E-state index in [1.165, 1.54) is 49.1 Å². The molecule has 134 valence electrons. The van der Waals surface area contributed by atoms with E-state index < -0.39 is 0 Å². The Labute approximate surface area is 157 Å². The fraction of sp³-hybridized carbons (Fsp3) is 0.478. The summed E-state index contributed by atoms with van der Waals surface area (Å²) in [4.78, 5) is 2.52. The quantitative estimate of drug-likeness (QED) is 0.596. The molecule has 0 heterocycles. The van der Waals surface area contributed by atoms with Crippen molar-refractivity contribution >= 4 is 11.8 Å². The summed E-state index contributed by atoms with van der Waals surface area (Å²) in [5.41, 5.74) is 6.09. The number of hydrogen-bond donors (Lipinski definition) is 0. The maximum Gasteiger partial charge on any atom is 0.0547 e. The predicted molar refractivity (Wildman–Crippen MR) is 112 cm³/mol. The summed E-state index contributed by atoms with van der Waals surface area (Å²) in [7, 11) is 0. The number of benzene rings is 2. The van der Waals surface area contributed by atoms with Gasteiger partial charge in [-0.3, -0.25) is 0 Å². The highest BCUT2D eigenvalue weighted by Gasteiger charge is 2.18. The summed E-state index contributed by atoms with van der Waals surface area (Å²) in [6.07, 6.45) is 5.23. The van der Waals surface area contributed by atoms with Gasteiger partial charge in [0.25, 0.3) is 0 Å². The number of hydrogen-bond acceptors (Lipinski definition) is 2. The molecule has 3 rings (SSSR count). The van der Waals surface area contributed by atoms with Gasteiger partial charge in [-0.2, -0.15) is 0 Å². The van der Waals surface area contributed by atoms with Gasteiger partial charge >= 0.3 is 0 Å². The average molecular weight is 354 g/mol. The molecule has 25 heavy (non-hydrogen) atoms. The van der Waals surface area contributed by atoms with E-state index >= 15 is 0 Å². The third-order valence-electron chi connectivity index (χ3n) is 5.36. The molecule has 1 nitrogen and oxygen atoms in total. The van der Waals surface area contributed by atoms with E-state index in [1.807, 2.05) is 0 Å². The van der Waals surface area contributed by atoms with Crippen LogP contribution in [-0.4, -0.2) is 30.3 Å². The van der Waals surface area contributed by atoms with Crippen molar-refractivity contribution < 1.29 is 0 Å². The molecule has 2 aromatic carbocycles. The second-order valence-electron chi connectivity index (χ2n) is 6.92. The second-order valence-corrected chi connectivity index (χ2v) is 8.14. The van der Waals surface area contributed by atoms with Gasteiger partial charge in [0.05, 0.1) is 5.25 Å². The van der Waals surface area contributed by atoms with Gasteiger partial charge in [0.2, 0.25) is 0 Å². The second kappa shape index (κ2) is 9.45. The van der Waals surface area contributed by atoms with E-state index in [0.717, 1.165) is 13.1 Å². The van der Waals surface area contributed by atoms with E-state index in [-0.39, 0.29) is 0 Å². The molecule has 0 N–H and O–H groups in total. The van der Waals surface area contributed by atoms with Gasteiger partial charge in [-0.05, 0) is 61.0 Å². The Balaban J connectivity index is 1.79. The molecule has 1 atom stereocenters. The van der Waals surface area contributed by atoms with Crippen LogP contribution in [0, 0.1) is 0 Å². The highest BCUT2D eigenvalue weighted by Crippen LogP contribution is 2.37. The van der Waals surface area contributed by atoms with Crippen LogP contribution in [-0.2, 0) is 12.8 Å². The van der Waals surface area contributed by atoms with Crippen molar-refractivity contribution in [2.75, 3.05) is 25.4 Å². The van der Waals surface area contributed by atoms with Crippen LogP contribution in [0.1, 0.15) is 54.2 Å². The van der Waals surface area contributed by atoms with Crippen molar-refractivity contribution in [1.29, 1.82) is 0 Å². The maximum absolute atomic E-state index is 2.52. The van der Waals surface area contributed by atoms with E-state index in [2.05, 4.69) is 79.0 Å². The third-order valence-corrected chi connectivity index (χ3v) is 6.66. The van der Waals surface area contributed by atoms with Crippen LogP contribution in [0.4, 0.5) is 0 Å². The summed E-state index contributed by atoms with van der Waals surface area (Å²) in [5.74, 6) is 1.18. The minimum Gasteiger partial charge on any atom is -0.303 e. The number of aryl methyl sites for hydroxylation is 2. The lowest BCUT2D eigenvalue weighted by atomic mass is 9.89. The smallest absolute Gasteiger partial charge is 0.0547 e. The molecule has 0 aromatic heterocycles.